The maximum Gasteiger partial charge on any atom is 0.228 e. The highest BCUT2D eigenvalue weighted by atomic mass is 32.1. The zero-order chi connectivity index (χ0) is 13.0. The van der Waals surface area contributed by atoms with Crippen LogP contribution in [-0.2, 0) is 9.53 Å². The van der Waals surface area contributed by atoms with E-state index >= 15 is 0 Å². The van der Waals surface area contributed by atoms with Crippen LogP contribution in [0.5, 0.6) is 0 Å². The molecule has 1 atom stereocenters. The lowest BCUT2D eigenvalue weighted by Gasteiger charge is -2.21. The van der Waals surface area contributed by atoms with Crippen molar-refractivity contribution in [1.29, 1.82) is 0 Å². The molecule has 0 aromatic carbocycles. The lowest BCUT2D eigenvalue weighted by molar-refractivity contribution is -0.119. The molecule has 1 aliphatic heterocycles. The van der Waals surface area contributed by atoms with E-state index in [0.717, 1.165) is 25.9 Å². The lowest BCUT2D eigenvalue weighted by Crippen LogP contribution is -2.26. The van der Waals surface area contributed by atoms with Crippen molar-refractivity contribution >= 4 is 28.9 Å². The second-order valence-electron chi connectivity index (χ2n) is 4.26. The van der Waals surface area contributed by atoms with Gasteiger partial charge in [0.15, 0.2) is 0 Å². The molecule has 1 unspecified atom stereocenters. The average molecular weight is 268 g/mol. The van der Waals surface area contributed by atoms with Gasteiger partial charge in [0.05, 0.1) is 24.3 Å². The van der Waals surface area contributed by atoms with Gasteiger partial charge in [-0.15, -0.1) is 0 Å². The molecule has 6 nitrogen and oxygen atoms in total. The van der Waals surface area contributed by atoms with E-state index in [-0.39, 0.29) is 17.0 Å². The third kappa shape index (κ3) is 3.27. The van der Waals surface area contributed by atoms with E-state index < -0.39 is 0 Å². The lowest BCUT2D eigenvalue weighted by atomic mass is 10.1. The molecule has 0 saturated carbocycles. The fourth-order valence-corrected chi connectivity index (χ4v) is 2.09. The van der Waals surface area contributed by atoms with E-state index in [1.54, 1.807) is 0 Å². The predicted octanol–water partition coefficient (Wildman–Crippen LogP) is 0.942. The summed E-state index contributed by atoms with van der Waals surface area (Å²) in [7, 11) is 0. The molecule has 2 heterocycles. The number of nitrogens with zero attached hydrogens (tertiary/aromatic N) is 1. The molecule has 0 bridgehead atoms. The molecule has 4 N–H and O–H groups in total. The van der Waals surface area contributed by atoms with E-state index in [1.165, 1.54) is 6.20 Å². The van der Waals surface area contributed by atoms with Gasteiger partial charge in [0, 0.05) is 6.61 Å². The minimum absolute atomic E-state index is 0.00921. The molecular formula is C11H16N4O2S. The first-order valence-electron chi connectivity index (χ1n) is 5.91. The number of nitrogens with two attached hydrogens (primary N) is 1. The van der Waals surface area contributed by atoms with Crippen LogP contribution < -0.4 is 11.1 Å². The smallest absolute Gasteiger partial charge is 0.228 e. The highest BCUT2D eigenvalue weighted by Gasteiger charge is 2.19. The van der Waals surface area contributed by atoms with E-state index in [2.05, 4.69) is 15.5 Å². The maximum atomic E-state index is 11.8. The summed E-state index contributed by atoms with van der Waals surface area (Å²) in [5, 5.41) is 9.18. The Kier molecular flexibility index (Phi) is 4.27. The number of rotatable bonds is 4. The molecule has 18 heavy (non-hydrogen) atoms. The molecule has 1 fully saturated rings. The fourth-order valence-electron chi connectivity index (χ4n) is 1.93. The molecule has 0 spiro atoms. The SMILES string of the molecule is NC(=S)c1cn[nH]c1NC(=O)CC1CCCCO1. The van der Waals surface area contributed by atoms with E-state index in [0.29, 0.717) is 17.8 Å². The summed E-state index contributed by atoms with van der Waals surface area (Å²) < 4.78 is 5.51. The van der Waals surface area contributed by atoms with Gasteiger partial charge in [0.25, 0.3) is 0 Å². The fraction of sp³-hybridized carbons (Fsp3) is 0.545. The Balaban J connectivity index is 1.90. The number of carbonyl (C=O) groups is 1. The molecule has 1 aliphatic rings. The Morgan fingerprint density at radius 2 is 2.50 bits per heavy atom. The van der Waals surface area contributed by atoms with Crippen LogP contribution in [0.3, 0.4) is 0 Å². The van der Waals surface area contributed by atoms with E-state index in [9.17, 15) is 4.79 Å². The number of thiocarbonyl (C=S) groups is 1. The molecule has 1 aromatic rings. The van der Waals surface area contributed by atoms with Crippen molar-refractivity contribution in [2.45, 2.75) is 31.8 Å². The van der Waals surface area contributed by atoms with Crippen molar-refractivity contribution in [1.82, 2.24) is 10.2 Å². The van der Waals surface area contributed by atoms with Crippen molar-refractivity contribution in [2.75, 3.05) is 11.9 Å². The average Bonchev–Trinajstić information content (AvgIpc) is 2.78. The van der Waals surface area contributed by atoms with Gasteiger partial charge in [-0.1, -0.05) is 12.2 Å². The summed E-state index contributed by atoms with van der Waals surface area (Å²) in [6.07, 6.45) is 4.96. The van der Waals surface area contributed by atoms with Crippen LogP contribution in [-0.4, -0.2) is 33.8 Å². The molecule has 98 valence electrons. The third-order valence-electron chi connectivity index (χ3n) is 2.86. The zero-order valence-electron chi connectivity index (χ0n) is 9.94. The summed E-state index contributed by atoms with van der Waals surface area (Å²) in [5.74, 6) is 0.326. The number of H-pyrrole nitrogens is 1. The van der Waals surface area contributed by atoms with E-state index in [1.807, 2.05) is 0 Å². The second kappa shape index (κ2) is 5.92. The number of nitrogens with one attached hydrogen (secondary N) is 2. The van der Waals surface area contributed by atoms with Gasteiger partial charge in [-0.2, -0.15) is 5.10 Å². The van der Waals surface area contributed by atoms with Gasteiger partial charge < -0.3 is 15.8 Å². The zero-order valence-corrected chi connectivity index (χ0v) is 10.8. The first kappa shape index (κ1) is 13.0. The Morgan fingerprint density at radius 1 is 1.67 bits per heavy atom. The summed E-state index contributed by atoms with van der Waals surface area (Å²) in [6, 6.07) is 0. The normalized spacial score (nSPS) is 19.4. The third-order valence-corrected chi connectivity index (χ3v) is 3.08. The molecule has 2 rings (SSSR count). The Bertz CT molecular complexity index is 440. The van der Waals surface area contributed by atoms with Crippen LogP contribution >= 0.6 is 12.2 Å². The first-order valence-corrected chi connectivity index (χ1v) is 6.32. The largest absolute Gasteiger partial charge is 0.389 e. The minimum atomic E-state index is -0.122. The van der Waals surface area contributed by atoms with Crippen LogP contribution in [0.25, 0.3) is 0 Å². The maximum absolute atomic E-state index is 11.8. The highest BCUT2D eigenvalue weighted by Crippen LogP contribution is 2.17. The van der Waals surface area contributed by atoms with Crippen LogP contribution in [0.1, 0.15) is 31.2 Å². The van der Waals surface area contributed by atoms with Crippen LogP contribution in [0.4, 0.5) is 5.82 Å². The Morgan fingerprint density at radius 3 is 3.17 bits per heavy atom. The molecule has 1 saturated heterocycles. The molecule has 7 heteroatoms. The van der Waals surface area contributed by atoms with Gasteiger partial charge in [-0.05, 0) is 19.3 Å². The van der Waals surface area contributed by atoms with Crippen LogP contribution in [0.15, 0.2) is 6.20 Å². The molecular weight excluding hydrogens is 252 g/mol. The number of amides is 1. The van der Waals surface area contributed by atoms with Gasteiger partial charge in [0.1, 0.15) is 10.8 Å². The summed E-state index contributed by atoms with van der Waals surface area (Å²) in [5.41, 5.74) is 6.06. The standard InChI is InChI=1S/C11H16N4O2S/c12-10(18)8-6-13-15-11(8)14-9(16)5-7-3-1-2-4-17-7/h6-7H,1-5H2,(H2,12,18)(H2,13,14,15,16). The summed E-state index contributed by atoms with van der Waals surface area (Å²) in [6.45, 7) is 0.736. The highest BCUT2D eigenvalue weighted by molar-refractivity contribution is 7.80. The Labute approximate surface area is 110 Å². The number of anilines is 1. The summed E-state index contributed by atoms with van der Waals surface area (Å²) >= 11 is 4.86. The van der Waals surface area contributed by atoms with Crippen LogP contribution in [0, 0.1) is 0 Å². The van der Waals surface area contributed by atoms with Gasteiger partial charge >= 0.3 is 0 Å². The van der Waals surface area contributed by atoms with Gasteiger partial charge in [0.2, 0.25) is 5.91 Å². The second-order valence-corrected chi connectivity index (χ2v) is 4.70. The Hall–Kier alpha value is -1.47. The number of ether oxygens (including phenoxy) is 1. The van der Waals surface area contributed by atoms with Crippen LogP contribution in [0.2, 0.25) is 0 Å². The van der Waals surface area contributed by atoms with Crippen molar-refractivity contribution in [3.05, 3.63) is 11.8 Å². The van der Waals surface area contributed by atoms with Crippen molar-refractivity contribution < 1.29 is 9.53 Å². The van der Waals surface area contributed by atoms with Gasteiger partial charge in [-0.25, -0.2) is 0 Å². The number of hydrogen-bond acceptors (Lipinski definition) is 4. The number of aromatic nitrogens is 2. The topological polar surface area (TPSA) is 93.0 Å². The van der Waals surface area contributed by atoms with Gasteiger partial charge in [-0.3, -0.25) is 9.89 Å². The number of aromatic amines is 1. The molecule has 0 radical (unpaired) electrons. The minimum Gasteiger partial charge on any atom is -0.389 e. The van der Waals surface area contributed by atoms with E-state index in [4.69, 9.17) is 22.7 Å². The molecule has 1 amide bonds. The van der Waals surface area contributed by atoms with Crippen molar-refractivity contribution in [3.8, 4) is 0 Å². The monoisotopic (exact) mass is 268 g/mol. The van der Waals surface area contributed by atoms with Crippen molar-refractivity contribution in [2.24, 2.45) is 5.73 Å². The van der Waals surface area contributed by atoms with Crippen molar-refractivity contribution in [3.63, 3.8) is 0 Å². The first-order chi connectivity index (χ1) is 8.66. The summed E-state index contributed by atoms with van der Waals surface area (Å²) in [4.78, 5) is 12.0. The number of carbonyl (C=O) groups excluding carboxylic acids is 1. The quantitative estimate of drug-likeness (QED) is 0.707. The molecule has 0 aliphatic carbocycles. The molecule has 1 aromatic heterocycles. The number of hydrogen-bond donors (Lipinski definition) is 3. The predicted molar refractivity (Wildman–Crippen MR) is 71.3 cm³/mol.